The first-order valence-corrected chi connectivity index (χ1v) is 6.89. The van der Waals surface area contributed by atoms with Crippen LogP contribution in [0.3, 0.4) is 0 Å². The highest BCUT2D eigenvalue weighted by molar-refractivity contribution is 9.10. The molecule has 1 heterocycles. The molecule has 3 heteroatoms. The van der Waals surface area contributed by atoms with Crippen molar-refractivity contribution in [1.29, 1.82) is 0 Å². The van der Waals surface area contributed by atoms with E-state index in [4.69, 9.17) is 0 Å². The van der Waals surface area contributed by atoms with Crippen LogP contribution >= 0.6 is 15.9 Å². The molecule has 0 aliphatic carbocycles. The van der Waals surface area contributed by atoms with Gasteiger partial charge in [-0.15, -0.1) is 6.58 Å². The van der Waals surface area contributed by atoms with Crippen molar-refractivity contribution in [2.45, 2.75) is 25.3 Å². The summed E-state index contributed by atoms with van der Waals surface area (Å²) >= 11 is 3.51. The normalized spacial score (nSPS) is 22.3. The fourth-order valence-electron chi connectivity index (χ4n) is 2.76. The first-order valence-electron chi connectivity index (χ1n) is 6.10. The largest absolute Gasteiger partial charge is 0.301 e. The molecule has 0 saturated carbocycles. The van der Waals surface area contributed by atoms with E-state index in [9.17, 15) is 4.79 Å². The Bertz CT molecular complexity index is 481. The van der Waals surface area contributed by atoms with Gasteiger partial charge in [0.25, 0.3) is 0 Å². The number of nitrogens with zero attached hydrogens (tertiary/aromatic N) is 1. The zero-order valence-electron chi connectivity index (χ0n) is 10.8. The minimum Gasteiger partial charge on any atom is -0.301 e. The maximum absolute atomic E-state index is 11.4. The predicted octanol–water partition coefficient (Wildman–Crippen LogP) is 3.47. The molecule has 2 nitrogen and oxygen atoms in total. The molecule has 0 aromatic heterocycles. The molecule has 0 radical (unpaired) electrons. The molecule has 96 valence electrons. The van der Waals surface area contributed by atoms with E-state index in [-0.39, 0.29) is 11.5 Å². The molecule has 0 amide bonds. The molecular weight excluding hydrogens is 290 g/mol. The average molecular weight is 308 g/mol. The maximum atomic E-state index is 11.4. The monoisotopic (exact) mass is 307 g/mol. The topological polar surface area (TPSA) is 20.3 Å². The lowest BCUT2D eigenvalue weighted by Gasteiger charge is -2.43. The summed E-state index contributed by atoms with van der Waals surface area (Å²) in [5, 5.41) is 0. The van der Waals surface area contributed by atoms with Gasteiger partial charge in [0, 0.05) is 23.0 Å². The molecule has 1 aliphatic heterocycles. The second-order valence-electron chi connectivity index (χ2n) is 5.41. The molecule has 18 heavy (non-hydrogen) atoms. The van der Waals surface area contributed by atoms with Crippen molar-refractivity contribution in [2.75, 3.05) is 13.1 Å². The summed E-state index contributed by atoms with van der Waals surface area (Å²) in [5.41, 5.74) is 2.42. The van der Waals surface area contributed by atoms with Crippen LogP contribution in [-0.4, -0.2) is 24.3 Å². The third kappa shape index (κ3) is 2.29. The van der Waals surface area contributed by atoms with Crippen molar-refractivity contribution in [2.24, 2.45) is 0 Å². The second-order valence-corrected chi connectivity index (χ2v) is 6.33. The van der Waals surface area contributed by atoms with E-state index >= 15 is 0 Å². The van der Waals surface area contributed by atoms with Crippen molar-refractivity contribution in [3.8, 4) is 0 Å². The van der Waals surface area contributed by atoms with E-state index in [1.807, 2.05) is 12.1 Å². The summed E-state index contributed by atoms with van der Waals surface area (Å²) in [7, 11) is 0. The molecule has 1 atom stereocenters. The Kier molecular flexibility index (Phi) is 3.74. The van der Waals surface area contributed by atoms with Crippen LogP contribution in [0.15, 0.2) is 35.3 Å². The van der Waals surface area contributed by atoms with E-state index < -0.39 is 0 Å². The summed E-state index contributed by atoms with van der Waals surface area (Å²) in [6.45, 7) is 9.82. The average Bonchev–Trinajstić information content (AvgIpc) is 2.30. The fraction of sp³-hybridized carbons (Fsp3) is 0.400. The molecular formula is C15H18BrNO. The van der Waals surface area contributed by atoms with Crippen LogP contribution in [0.25, 0.3) is 0 Å². The Labute approximate surface area is 117 Å². The fourth-order valence-corrected chi connectivity index (χ4v) is 3.12. The van der Waals surface area contributed by atoms with E-state index in [1.54, 1.807) is 0 Å². The van der Waals surface area contributed by atoms with Crippen LogP contribution in [0.1, 0.15) is 31.0 Å². The molecule has 1 aromatic rings. The molecule has 0 saturated heterocycles. The second kappa shape index (κ2) is 4.98. The van der Waals surface area contributed by atoms with E-state index in [0.29, 0.717) is 0 Å². The highest BCUT2D eigenvalue weighted by Crippen LogP contribution is 2.39. The lowest BCUT2D eigenvalue weighted by molar-refractivity contribution is -0.113. The van der Waals surface area contributed by atoms with Gasteiger partial charge in [-0.05, 0) is 23.3 Å². The first-order chi connectivity index (χ1) is 8.49. The summed E-state index contributed by atoms with van der Waals surface area (Å²) in [6, 6.07) is 6.04. The van der Waals surface area contributed by atoms with Crippen molar-refractivity contribution >= 4 is 22.2 Å². The standard InChI is InChI=1S/C15H18BrNO/c1-4-7-17-10-15(2,3)13-8-11(16)5-6-12(13)14(17)9-18/h4-6,8-9,14H,1,7,10H2,2-3H3. The number of hydrogen-bond donors (Lipinski definition) is 0. The van der Waals surface area contributed by atoms with Gasteiger partial charge in [-0.1, -0.05) is 41.9 Å². The van der Waals surface area contributed by atoms with Gasteiger partial charge in [-0.3, -0.25) is 4.90 Å². The molecule has 1 unspecified atom stereocenters. The van der Waals surface area contributed by atoms with Crippen LogP contribution < -0.4 is 0 Å². The lowest BCUT2D eigenvalue weighted by Crippen LogP contribution is -2.45. The molecule has 2 rings (SSSR count). The highest BCUT2D eigenvalue weighted by atomic mass is 79.9. The Balaban J connectivity index is 2.54. The third-order valence-electron chi connectivity index (χ3n) is 3.55. The quantitative estimate of drug-likeness (QED) is 0.629. The van der Waals surface area contributed by atoms with Crippen LogP contribution in [0.4, 0.5) is 0 Å². The zero-order valence-corrected chi connectivity index (χ0v) is 12.4. The lowest BCUT2D eigenvalue weighted by atomic mass is 9.76. The molecule has 1 aromatic carbocycles. The molecule has 1 aliphatic rings. The minimum atomic E-state index is -0.154. The first kappa shape index (κ1) is 13.5. The number of aldehydes is 1. The van der Waals surface area contributed by atoms with Gasteiger partial charge in [0.15, 0.2) is 0 Å². The predicted molar refractivity (Wildman–Crippen MR) is 77.7 cm³/mol. The van der Waals surface area contributed by atoms with Crippen LogP contribution in [0, 0.1) is 0 Å². The smallest absolute Gasteiger partial charge is 0.141 e. The number of hydrogen-bond acceptors (Lipinski definition) is 2. The van der Waals surface area contributed by atoms with Gasteiger partial charge in [-0.25, -0.2) is 0 Å². The Morgan fingerprint density at radius 2 is 2.28 bits per heavy atom. The number of benzene rings is 1. The Morgan fingerprint density at radius 1 is 1.56 bits per heavy atom. The molecule has 0 N–H and O–H groups in total. The number of halogens is 1. The van der Waals surface area contributed by atoms with E-state index in [0.717, 1.165) is 29.4 Å². The number of fused-ring (bicyclic) bond motifs is 1. The minimum absolute atomic E-state index is 0.0433. The van der Waals surface area contributed by atoms with Crippen molar-refractivity contribution < 1.29 is 4.79 Å². The number of carbonyl (C=O) groups is 1. The summed E-state index contributed by atoms with van der Waals surface area (Å²) in [6.07, 6.45) is 2.89. The zero-order chi connectivity index (χ0) is 13.3. The van der Waals surface area contributed by atoms with Gasteiger partial charge < -0.3 is 4.79 Å². The van der Waals surface area contributed by atoms with E-state index in [2.05, 4.69) is 53.4 Å². The summed E-state index contributed by atoms with van der Waals surface area (Å²) < 4.78 is 1.07. The van der Waals surface area contributed by atoms with Crippen molar-refractivity contribution in [3.63, 3.8) is 0 Å². The Morgan fingerprint density at radius 3 is 2.89 bits per heavy atom. The summed E-state index contributed by atoms with van der Waals surface area (Å²) in [5.74, 6) is 0. The van der Waals surface area contributed by atoms with Crippen LogP contribution in [0.2, 0.25) is 0 Å². The van der Waals surface area contributed by atoms with Crippen LogP contribution in [0.5, 0.6) is 0 Å². The molecule has 0 bridgehead atoms. The van der Waals surface area contributed by atoms with E-state index in [1.165, 1.54) is 5.56 Å². The SMILES string of the molecule is C=CCN1CC(C)(C)c2cc(Br)ccc2C1C=O. The van der Waals surface area contributed by atoms with Gasteiger partial charge in [0.2, 0.25) is 0 Å². The molecule has 0 spiro atoms. The van der Waals surface area contributed by atoms with Crippen molar-refractivity contribution in [3.05, 3.63) is 46.5 Å². The third-order valence-corrected chi connectivity index (χ3v) is 4.04. The van der Waals surface area contributed by atoms with Gasteiger partial charge >= 0.3 is 0 Å². The maximum Gasteiger partial charge on any atom is 0.141 e. The van der Waals surface area contributed by atoms with Gasteiger partial charge in [-0.2, -0.15) is 0 Å². The van der Waals surface area contributed by atoms with Crippen molar-refractivity contribution in [1.82, 2.24) is 4.90 Å². The van der Waals surface area contributed by atoms with Gasteiger partial charge in [0.1, 0.15) is 6.29 Å². The highest BCUT2D eigenvalue weighted by Gasteiger charge is 2.37. The summed E-state index contributed by atoms with van der Waals surface area (Å²) in [4.78, 5) is 13.6. The van der Waals surface area contributed by atoms with Gasteiger partial charge in [0.05, 0.1) is 6.04 Å². The van der Waals surface area contributed by atoms with Crippen LogP contribution in [-0.2, 0) is 10.2 Å². The molecule has 0 fully saturated rings. The Hall–Kier alpha value is -0.930. The number of carbonyl (C=O) groups excluding carboxylic acids is 1. The number of rotatable bonds is 3.